The maximum absolute atomic E-state index is 6.11. The number of hydrogen-bond acceptors (Lipinski definition) is 3. The summed E-state index contributed by atoms with van der Waals surface area (Å²) in [5.41, 5.74) is 17.0. The van der Waals surface area contributed by atoms with Gasteiger partial charge in [-0.05, 0) is 36.8 Å². The van der Waals surface area contributed by atoms with Crippen molar-refractivity contribution < 1.29 is 0 Å². The number of rotatable bonds is 2. The maximum atomic E-state index is 6.11. The first-order chi connectivity index (χ1) is 11.2. The summed E-state index contributed by atoms with van der Waals surface area (Å²) in [5, 5.41) is 2.49. The largest absolute Gasteiger partial charge is 0.395 e. The van der Waals surface area contributed by atoms with E-state index in [1.165, 1.54) is 21.8 Å². The first-order valence-corrected chi connectivity index (χ1v) is 7.72. The lowest BCUT2D eigenvalue weighted by Crippen LogP contribution is -1.99. The Labute approximate surface area is 134 Å². The number of nitrogen functional groups attached to an aromatic ring is 2. The van der Waals surface area contributed by atoms with Crippen LogP contribution in [0.1, 0.15) is 6.92 Å². The van der Waals surface area contributed by atoms with Crippen LogP contribution in [0.15, 0.2) is 54.7 Å². The molecule has 2 heterocycles. The second kappa shape index (κ2) is 5.02. The summed E-state index contributed by atoms with van der Waals surface area (Å²) in [6, 6.07) is 16.8. The highest BCUT2D eigenvalue weighted by molar-refractivity contribution is 6.09. The van der Waals surface area contributed by atoms with E-state index in [1.807, 2.05) is 6.07 Å². The summed E-state index contributed by atoms with van der Waals surface area (Å²) in [7, 11) is 0. The zero-order valence-electron chi connectivity index (χ0n) is 13.0. The van der Waals surface area contributed by atoms with Gasteiger partial charge >= 0.3 is 0 Å². The molecular weight excluding hydrogens is 284 g/mol. The Bertz CT molecular complexity index is 1030. The van der Waals surface area contributed by atoms with Crippen molar-refractivity contribution in [1.82, 2.24) is 9.55 Å². The van der Waals surface area contributed by atoms with Crippen LogP contribution < -0.4 is 11.5 Å². The van der Waals surface area contributed by atoms with Gasteiger partial charge in [-0.25, -0.2) is 4.98 Å². The van der Waals surface area contributed by atoms with Gasteiger partial charge < -0.3 is 16.0 Å². The van der Waals surface area contributed by atoms with E-state index in [-0.39, 0.29) is 0 Å². The molecule has 114 valence electrons. The molecule has 0 radical (unpaired) electrons. The molecule has 4 N–H and O–H groups in total. The number of fused-ring (bicyclic) bond motifs is 3. The molecule has 0 aliphatic heterocycles. The summed E-state index contributed by atoms with van der Waals surface area (Å²) in [5.74, 6) is 0.374. The standard InChI is InChI=1S/C19H18N4/c1-2-23-16-6-4-3-5-14(16)15-11-12(7-8-17(15)23)13-9-10-22-19(21)18(13)20/h3-11H,2,20H2,1H3,(H2,21,22). The molecule has 0 fully saturated rings. The predicted molar refractivity (Wildman–Crippen MR) is 97.2 cm³/mol. The molecule has 0 saturated heterocycles. The second-order valence-corrected chi connectivity index (χ2v) is 5.65. The Morgan fingerprint density at radius 1 is 0.957 bits per heavy atom. The van der Waals surface area contributed by atoms with Crippen molar-refractivity contribution in [1.29, 1.82) is 0 Å². The van der Waals surface area contributed by atoms with Crippen LogP contribution in [0.25, 0.3) is 32.9 Å². The molecule has 0 bridgehead atoms. The zero-order valence-corrected chi connectivity index (χ0v) is 13.0. The summed E-state index contributed by atoms with van der Waals surface area (Å²) in [4.78, 5) is 4.04. The quantitative estimate of drug-likeness (QED) is 0.587. The molecule has 4 heteroatoms. The van der Waals surface area contributed by atoms with Crippen molar-refractivity contribution in [3.63, 3.8) is 0 Å². The molecule has 0 atom stereocenters. The maximum Gasteiger partial charge on any atom is 0.147 e. The lowest BCUT2D eigenvalue weighted by molar-refractivity contribution is 0.827. The van der Waals surface area contributed by atoms with Crippen LogP contribution >= 0.6 is 0 Å². The van der Waals surface area contributed by atoms with Crippen LogP contribution in [0.2, 0.25) is 0 Å². The van der Waals surface area contributed by atoms with E-state index in [0.717, 1.165) is 17.7 Å². The first-order valence-electron chi connectivity index (χ1n) is 7.72. The van der Waals surface area contributed by atoms with E-state index in [9.17, 15) is 0 Å². The van der Waals surface area contributed by atoms with E-state index >= 15 is 0 Å². The molecule has 4 aromatic rings. The molecule has 0 spiro atoms. The minimum Gasteiger partial charge on any atom is -0.395 e. The number of nitrogens with zero attached hydrogens (tertiary/aromatic N) is 2. The van der Waals surface area contributed by atoms with Crippen LogP contribution in [0, 0.1) is 0 Å². The molecule has 0 aliphatic rings. The van der Waals surface area contributed by atoms with E-state index in [1.54, 1.807) is 6.20 Å². The van der Waals surface area contributed by atoms with Crippen molar-refractivity contribution in [3.05, 3.63) is 54.7 Å². The van der Waals surface area contributed by atoms with Gasteiger partial charge in [-0.3, -0.25) is 0 Å². The zero-order chi connectivity index (χ0) is 16.0. The molecule has 0 saturated carbocycles. The fourth-order valence-corrected chi connectivity index (χ4v) is 3.30. The molecule has 2 aromatic heterocycles. The fourth-order valence-electron chi connectivity index (χ4n) is 3.30. The Morgan fingerprint density at radius 3 is 2.57 bits per heavy atom. The van der Waals surface area contributed by atoms with E-state index in [0.29, 0.717) is 11.5 Å². The van der Waals surface area contributed by atoms with Gasteiger partial charge in [0.2, 0.25) is 0 Å². The number of anilines is 2. The van der Waals surface area contributed by atoms with E-state index < -0.39 is 0 Å². The molecule has 0 unspecified atom stereocenters. The number of hydrogen-bond donors (Lipinski definition) is 2. The van der Waals surface area contributed by atoms with Gasteiger partial charge in [0.1, 0.15) is 5.82 Å². The van der Waals surface area contributed by atoms with E-state index in [4.69, 9.17) is 11.5 Å². The van der Waals surface area contributed by atoms with Crippen LogP contribution in [0.4, 0.5) is 11.5 Å². The summed E-state index contributed by atoms with van der Waals surface area (Å²) in [6.07, 6.45) is 1.69. The molecular formula is C19H18N4. The number of pyridine rings is 1. The van der Waals surface area contributed by atoms with Gasteiger partial charge in [-0.15, -0.1) is 0 Å². The average molecular weight is 302 g/mol. The molecule has 2 aromatic carbocycles. The number of para-hydroxylation sites is 1. The normalized spacial score (nSPS) is 11.3. The second-order valence-electron chi connectivity index (χ2n) is 5.65. The number of aromatic nitrogens is 2. The van der Waals surface area contributed by atoms with Crippen LogP contribution in [0.5, 0.6) is 0 Å². The summed E-state index contributed by atoms with van der Waals surface area (Å²) < 4.78 is 2.33. The topological polar surface area (TPSA) is 69.9 Å². The van der Waals surface area contributed by atoms with Gasteiger partial charge in [-0.1, -0.05) is 24.3 Å². The Kier molecular flexibility index (Phi) is 2.98. The highest BCUT2D eigenvalue weighted by atomic mass is 15.0. The van der Waals surface area contributed by atoms with Gasteiger partial charge in [0, 0.05) is 40.1 Å². The minimum absolute atomic E-state index is 0.374. The highest BCUT2D eigenvalue weighted by Crippen LogP contribution is 2.35. The summed E-state index contributed by atoms with van der Waals surface area (Å²) >= 11 is 0. The Morgan fingerprint density at radius 2 is 1.74 bits per heavy atom. The number of nitrogens with two attached hydrogens (primary N) is 2. The van der Waals surface area contributed by atoms with Gasteiger partial charge in [0.15, 0.2) is 0 Å². The Hall–Kier alpha value is -3.01. The summed E-state index contributed by atoms with van der Waals surface area (Å²) in [6.45, 7) is 3.11. The molecule has 23 heavy (non-hydrogen) atoms. The van der Waals surface area contributed by atoms with Crippen molar-refractivity contribution >= 4 is 33.3 Å². The molecule has 0 amide bonds. The lowest BCUT2D eigenvalue weighted by atomic mass is 10.0. The van der Waals surface area contributed by atoms with Crippen LogP contribution in [0.3, 0.4) is 0 Å². The predicted octanol–water partition coefficient (Wildman–Crippen LogP) is 4.04. The van der Waals surface area contributed by atoms with Crippen molar-refractivity contribution in [2.75, 3.05) is 11.5 Å². The molecule has 0 aliphatic carbocycles. The third-order valence-corrected chi connectivity index (χ3v) is 4.42. The highest BCUT2D eigenvalue weighted by Gasteiger charge is 2.12. The third-order valence-electron chi connectivity index (χ3n) is 4.42. The third kappa shape index (κ3) is 1.95. The van der Waals surface area contributed by atoms with E-state index in [2.05, 4.69) is 58.9 Å². The minimum atomic E-state index is 0.374. The lowest BCUT2D eigenvalue weighted by Gasteiger charge is -2.08. The SMILES string of the molecule is CCn1c2ccccc2c2cc(-c3ccnc(N)c3N)ccc21. The fraction of sp³-hybridized carbons (Fsp3) is 0.105. The monoisotopic (exact) mass is 302 g/mol. The van der Waals surface area contributed by atoms with Gasteiger partial charge in [-0.2, -0.15) is 0 Å². The molecule has 4 nitrogen and oxygen atoms in total. The number of aryl methyl sites for hydroxylation is 1. The average Bonchev–Trinajstić information content (AvgIpc) is 2.90. The molecule has 4 rings (SSSR count). The van der Waals surface area contributed by atoms with Crippen molar-refractivity contribution in [3.8, 4) is 11.1 Å². The smallest absolute Gasteiger partial charge is 0.147 e. The first kappa shape index (κ1) is 13.6. The van der Waals surface area contributed by atoms with Gasteiger partial charge in [0.25, 0.3) is 0 Å². The number of benzene rings is 2. The Balaban J connectivity index is 2.05. The van der Waals surface area contributed by atoms with Crippen molar-refractivity contribution in [2.24, 2.45) is 0 Å². The van der Waals surface area contributed by atoms with Crippen molar-refractivity contribution in [2.45, 2.75) is 13.5 Å². The van der Waals surface area contributed by atoms with Crippen LogP contribution in [-0.4, -0.2) is 9.55 Å². The van der Waals surface area contributed by atoms with Crippen LogP contribution in [-0.2, 0) is 6.54 Å². The van der Waals surface area contributed by atoms with Gasteiger partial charge in [0.05, 0.1) is 5.69 Å².